The molecule has 1 aliphatic rings. The zero-order valence-electron chi connectivity index (χ0n) is 10.3. The summed E-state index contributed by atoms with van der Waals surface area (Å²) >= 11 is 0. The molecule has 4 nitrogen and oxygen atoms in total. The molecule has 0 spiro atoms. The van der Waals surface area contributed by atoms with Gasteiger partial charge in [0, 0.05) is 6.42 Å². The Balaban J connectivity index is 0.00000120. The average Bonchev–Trinajstić information content (AvgIpc) is 2.86. The van der Waals surface area contributed by atoms with Crippen molar-refractivity contribution in [2.24, 2.45) is 7.05 Å². The fourth-order valence-corrected chi connectivity index (χ4v) is 2.54. The van der Waals surface area contributed by atoms with Crippen LogP contribution in [-0.2, 0) is 18.4 Å². The van der Waals surface area contributed by atoms with Gasteiger partial charge in [0.1, 0.15) is 6.54 Å². The Morgan fingerprint density at radius 1 is 1.44 bits per heavy atom. The molecule has 2 heterocycles. The predicted molar refractivity (Wildman–Crippen MR) is 64.3 cm³/mol. The third-order valence-electron chi connectivity index (χ3n) is 3.39. The monoisotopic (exact) mass is 357 g/mol. The minimum Gasteiger partial charge on any atom is -1.00 e. The van der Waals surface area contributed by atoms with Crippen LogP contribution in [0.1, 0.15) is 12.8 Å². The Morgan fingerprint density at radius 2 is 2.22 bits per heavy atom. The molecular weight excluding hydrogens is 341 g/mol. The molecule has 1 aromatic carbocycles. The molecule has 1 aromatic heterocycles. The first-order valence-corrected chi connectivity index (χ1v) is 5.97. The molecule has 1 amide bonds. The van der Waals surface area contributed by atoms with Gasteiger partial charge in [0.2, 0.25) is 12.2 Å². The lowest BCUT2D eigenvalue weighted by molar-refractivity contribution is -0.645. The number of hydrogen-bond donors (Lipinski definition) is 1. The molecule has 3 rings (SSSR count). The minimum atomic E-state index is 0. The lowest BCUT2D eigenvalue weighted by atomic mass is 10.2. The van der Waals surface area contributed by atoms with Gasteiger partial charge in [-0.1, -0.05) is 12.1 Å². The van der Waals surface area contributed by atoms with Crippen LogP contribution >= 0.6 is 0 Å². The van der Waals surface area contributed by atoms with Crippen molar-refractivity contribution in [2.75, 3.05) is 0 Å². The number of halogens is 1. The number of rotatable bonds is 2. The number of fused-ring (bicyclic) bond motifs is 1. The fraction of sp³-hybridized carbons (Fsp3) is 0.385. The number of para-hydroxylation sites is 2. The number of carbonyl (C=O) groups is 1. The highest BCUT2D eigenvalue weighted by Gasteiger charge is 2.24. The molecule has 1 aliphatic heterocycles. The highest BCUT2D eigenvalue weighted by molar-refractivity contribution is 5.78. The predicted octanol–water partition coefficient (Wildman–Crippen LogP) is -2.25. The number of benzene rings is 1. The second-order valence-corrected chi connectivity index (χ2v) is 4.67. The lowest BCUT2D eigenvalue weighted by Crippen LogP contribution is -3.00. The van der Waals surface area contributed by atoms with Gasteiger partial charge in [0.05, 0.1) is 13.1 Å². The molecule has 18 heavy (non-hydrogen) atoms. The van der Waals surface area contributed by atoms with Gasteiger partial charge in [0.25, 0.3) is 0 Å². The molecule has 0 saturated carbocycles. The van der Waals surface area contributed by atoms with E-state index in [4.69, 9.17) is 0 Å². The largest absolute Gasteiger partial charge is 1.00 e. The van der Waals surface area contributed by atoms with Gasteiger partial charge < -0.3 is 29.3 Å². The van der Waals surface area contributed by atoms with Gasteiger partial charge in [-0.25, -0.2) is 9.13 Å². The maximum atomic E-state index is 11.2. The topological polar surface area (TPSA) is 37.9 Å². The zero-order valence-corrected chi connectivity index (χ0v) is 12.4. The molecule has 1 N–H and O–H groups in total. The minimum absolute atomic E-state index is 0. The van der Waals surface area contributed by atoms with Crippen molar-refractivity contribution in [1.82, 2.24) is 9.88 Å². The molecule has 0 bridgehead atoms. The van der Waals surface area contributed by atoms with Crippen molar-refractivity contribution in [3.05, 3.63) is 30.6 Å². The first-order chi connectivity index (χ1) is 8.24. The number of imidazole rings is 1. The van der Waals surface area contributed by atoms with E-state index >= 15 is 0 Å². The first kappa shape index (κ1) is 13.3. The number of aryl methyl sites for hydroxylation is 1. The summed E-state index contributed by atoms with van der Waals surface area (Å²) in [5, 5.41) is 3.01. The summed E-state index contributed by atoms with van der Waals surface area (Å²) in [5.74, 6) is 0.177. The fourth-order valence-electron chi connectivity index (χ4n) is 2.54. The quantitative estimate of drug-likeness (QED) is 0.479. The van der Waals surface area contributed by atoms with E-state index in [1.807, 2.05) is 19.2 Å². The van der Waals surface area contributed by atoms with Crippen molar-refractivity contribution in [2.45, 2.75) is 25.4 Å². The van der Waals surface area contributed by atoms with Gasteiger partial charge in [0.15, 0.2) is 11.0 Å². The van der Waals surface area contributed by atoms with E-state index in [1.165, 1.54) is 11.0 Å². The second-order valence-electron chi connectivity index (χ2n) is 4.67. The van der Waals surface area contributed by atoms with Crippen LogP contribution in [0.3, 0.4) is 0 Å². The van der Waals surface area contributed by atoms with Crippen LogP contribution in [0, 0.1) is 0 Å². The Bertz CT molecular complexity index is 579. The van der Waals surface area contributed by atoms with Crippen LogP contribution in [0.25, 0.3) is 11.0 Å². The molecule has 5 heteroatoms. The van der Waals surface area contributed by atoms with E-state index < -0.39 is 0 Å². The summed E-state index contributed by atoms with van der Waals surface area (Å²) in [4.78, 5) is 11.2. The van der Waals surface area contributed by atoms with Gasteiger partial charge in [-0.3, -0.25) is 4.79 Å². The maximum absolute atomic E-state index is 11.2. The molecule has 0 radical (unpaired) electrons. The molecular formula is C13H16IN3O. The van der Waals surface area contributed by atoms with Gasteiger partial charge >= 0.3 is 0 Å². The van der Waals surface area contributed by atoms with E-state index in [-0.39, 0.29) is 35.9 Å². The highest BCUT2D eigenvalue weighted by atomic mass is 127. The molecule has 2 aromatic rings. The Kier molecular flexibility index (Phi) is 3.89. The number of nitrogens with one attached hydrogen (secondary N) is 1. The van der Waals surface area contributed by atoms with Crippen LogP contribution in [0.15, 0.2) is 30.6 Å². The first-order valence-electron chi connectivity index (χ1n) is 5.97. The summed E-state index contributed by atoms with van der Waals surface area (Å²) in [5.41, 5.74) is 2.44. The molecule has 1 fully saturated rings. The number of hydrogen-bond acceptors (Lipinski definition) is 1. The lowest BCUT2D eigenvalue weighted by Gasteiger charge is -2.06. The smallest absolute Gasteiger partial charge is 0.244 e. The molecule has 0 aliphatic carbocycles. The van der Waals surface area contributed by atoms with Crippen molar-refractivity contribution in [3.63, 3.8) is 0 Å². The second kappa shape index (κ2) is 5.26. The van der Waals surface area contributed by atoms with Gasteiger partial charge in [-0.2, -0.15) is 0 Å². The standard InChI is InChI=1S/C13H15N3O.HI/c1-15-9-16(8-10-6-7-13(17)14-10)12-5-3-2-4-11(12)15;/h2-5,9-10H,6-8H2,1H3;1H/t10-;/m0./s1. The normalized spacial score (nSPS) is 18.7. The van der Waals surface area contributed by atoms with E-state index in [2.05, 4.69) is 32.9 Å². The highest BCUT2D eigenvalue weighted by Crippen LogP contribution is 2.14. The van der Waals surface area contributed by atoms with E-state index in [0.717, 1.165) is 13.0 Å². The van der Waals surface area contributed by atoms with Crippen LogP contribution in [-0.4, -0.2) is 16.5 Å². The number of carbonyl (C=O) groups excluding carboxylic acids is 1. The number of nitrogens with zero attached hydrogens (tertiary/aromatic N) is 2. The Morgan fingerprint density at radius 3 is 2.94 bits per heavy atom. The Hall–Kier alpha value is -1.11. The third kappa shape index (κ3) is 2.36. The summed E-state index contributed by atoms with van der Waals surface area (Å²) in [6, 6.07) is 8.60. The summed E-state index contributed by atoms with van der Waals surface area (Å²) in [6.45, 7) is 0.854. The van der Waals surface area contributed by atoms with E-state index in [0.29, 0.717) is 6.42 Å². The number of aromatic nitrogens is 2. The molecule has 1 atom stereocenters. The van der Waals surface area contributed by atoms with Gasteiger partial charge in [-0.05, 0) is 18.6 Å². The molecule has 1 saturated heterocycles. The van der Waals surface area contributed by atoms with Crippen molar-refractivity contribution < 1.29 is 33.3 Å². The summed E-state index contributed by atoms with van der Waals surface area (Å²) in [6.07, 6.45) is 3.69. The molecule has 0 unspecified atom stereocenters. The van der Waals surface area contributed by atoms with Crippen molar-refractivity contribution >= 4 is 16.9 Å². The van der Waals surface area contributed by atoms with E-state index in [9.17, 15) is 4.79 Å². The van der Waals surface area contributed by atoms with Crippen molar-refractivity contribution in [1.29, 1.82) is 0 Å². The van der Waals surface area contributed by atoms with Crippen LogP contribution < -0.4 is 33.9 Å². The van der Waals surface area contributed by atoms with E-state index in [1.54, 1.807) is 0 Å². The summed E-state index contributed by atoms with van der Waals surface area (Å²) < 4.78 is 4.33. The maximum Gasteiger partial charge on any atom is 0.244 e. The van der Waals surface area contributed by atoms with Crippen LogP contribution in [0.2, 0.25) is 0 Å². The zero-order chi connectivity index (χ0) is 11.8. The number of amides is 1. The molecule has 96 valence electrons. The Labute approximate surface area is 123 Å². The van der Waals surface area contributed by atoms with Crippen molar-refractivity contribution in [3.8, 4) is 0 Å². The summed E-state index contributed by atoms with van der Waals surface area (Å²) in [7, 11) is 2.05. The SMILES string of the molecule is C[n+]1cn(C[C@@H]2CCC(=O)N2)c2ccccc21.[I-]. The van der Waals surface area contributed by atoms with Gasteiger partial charge in [-0.15, -0.1) is 0 Å². The third-order valence-corrected chi connectivity index (χ3v) is 3.39. The van der Waals surface area contributed by atoms with Crippen LogP contribution in [0.4, 0.5) is 0 Å². The van der Waals surface area contributed by atoms with Crippen LogP contribution in [0.5, 0.6) is 0 Å². The average molecular weight is 357 g/mol.